The van der Waals surface area contributed by atoms with E-state index in [9.17, 15) is 14.0 Å². The fourth-order valence-corrected chi connectivity index (χ4v) is 7.59. The van der Waals surface area contributed by atoms with Crippen LogP contribution < -0.4 is 10.6 Å². The number of pyridine rings is 2. The summed E-state index contributed by atoms with van der Waals surface area (Å²) < 4.78 is 13.8. The van der Waals surface area contributed by atoms with Crippen molar-refractivity contribution >= 4 is 45.9 Å². The first-order valence-corrected chi connectivity index (χ1v) is 18.3. The highest BCUT2D eigenvalue weighted by Gasteiger charge is 2.36. The summed E-state index contributed by atoms with van der Waals surface area (Å²) in [6, 6.07) is 21.9. The van der Waals surface area contributed by atoms with Gasteiger partial charge in [0.25, 0.3) is 0 Å². The monoisotopic (exact) mass is 728 g/mol. The topological polar surface area (TPSA) is 116 Å². The van der Waals surface area contributed by atoms with Gasteiger partial charge in [-0.05, 0) is 84.7 Å². The molecule has 2 aliphatic carbocycles. The van der Waals surface area contributed by atoms with Crippen molar-refractivity contribution in [3.63, 3.8) is 0 Å². The van der Waals surface area contributed by atoms with Gasteiger partial charge in [-0.2, -0.15) is 0 Å². The molecule has 4 aromatic heterocycles. The van der Waals surface area contributed by atoms with Crippen LogP contribution in [0, 0.1) is 23.1 Å². The van der Waals surface area contributed by atoms with Crippen molar-refractivity contribution in [2.75, 3.05) is 10.6 Å². The number of carbonyl (C=O) groups is 2. The summed E-state index contributed by atoms with van der Waals surface area (Å²) >= 11 is 5.99. The molecule has 2 aromatic carbocycles. The third kappa shape index (κ3) is 7.81. The molecule has 0 aliphatic heterocycles. The lowest BCUT2D eigenvalue weighted by atomic mass is 9.76. The highest BCUT2D eigenvalue weighted by atomic mass is 35.5. The molecule has 0 amide bonds. The van der Waals surface area contributed by atoms with E-state index >= 15 is 0 Å². The number of fused-ring (bicyclic) bond motifs is 2. The quantitative estimate of drug-likeness (QED) is 0.130. The van der Waals surface area contributed by atoms with E-state index in [1.807, 2.05) is 54.6 Å². The summed E-state index contributed by atoms with van der Waals surface area (Å²) in [5, 5.41) is 6.99. The van der Waals surface area contributed by atoms with Gasteiger partial charge in [-0.25, -0.2) is 4.39 Å². The van der Waals surface area contributed by atoms with Crippen molar-refractivity contribution in [2.45, 2.75) is 53.4 Å². The number of hydrogen-bond acceptors (Lipinski definition) is 6. The molecule has 0 saturated heterocycles. The summed E-state index contributed by atoms with van der Waals surface area (Å²) in [5.41, 5.74) is 9.96. The molecule has 0 saturated carbocycles. The largest absolute Gasteiger partial charge is 0.356 e. The van der Waals surface area contributed by atoms with Gasteiger partial charge in [-0.3, -0.25) is 19.6 Å². The summed E-state index contributed by atoms with van der Waals surface area (Å²) in [6.45, 7) is 8.55. The molecule has 1 atom stereocenters. The smallest absolute Gasteiger partial charge is 0.167 e. The number of ketones is 2. The summed E-state index contributed by atoms with van der Waals surface area (Å²) in [6.07, 6.45) is 9.70. The Morgan fingerprint density at radius 2 is 1.30 bits per heavy atom. The minimum Gasteiger partial charge on any atom is -0.356 e. The van der Waals surface area contributed by atoms with Crippen LogP contribution in [0.5, 0.6) is 0 Å². The van der Waals surface area contributed by atoms with Gasteiger partial charge in [0.15, 0.2) is 11.6 Å². The number of anilines is 4. The molecule has 2 aliphatic rings. The van der Waals surface area contributed by atoms with Gasteiger partial charge in [0.1, 0.15) is 5.82 Å². The van der Waals surface area contributed by atoms with Gasteiger partial charge in [-0.15, -0.1) is 0 Å². The first kappa shape index (κ1) is 35.8. The minimum absolute atomic E-state index is 0.0720. The van der Waals surface area contributed by atoms with Crippen LogP contribution in [0.3, 0.4) is 0 Å². The van der Waals surface area contributed by atoms with Crippen LogP contribution in [0.1, 0.15) is 72.6 Å². The standard InChI is InChI=1S/C22H23N3O.C21H19ClFN3O/c1-14(2)16-12-18-20(19(26)13-16)22(24-17-6-4-3-5-7-17)21(25-18)15-8-10-23-11-9-15;1-21(2)10-16-18(17(27)11-21)20(19(26-16)12-3-5-24-6-4-12)25-15-8-13(22)7-14(23)9-15/h3-11,14,16,24-25H,12-13H2,1-2H3;3-9,25-26H,10-11H2,1-2H3. The van der Waals surface area contributed by atoms with E-state index < -0.39 is 5.82 Å². The third-order valence-corrected chi connectivity index (χ3v) is 10.2. The number of rotatable bonds is 7. The molecule has 8 rings (SSSR count). The zero-order valence-corrected chi connectivity index (χ0v) is 30.9. The van der Waals surface area contributed by atoms with Crippen molar-refractivity contribution in [1.82, 2.24) is 19.9 Å². The Morgan fingerprint density at radius 3 is 1.89 bits per heavy atom. The minimum atomic E-state index is -0.438. The zero-order valence-electron chi connectivity index (χ0n) is 30.2. The molecule has 0 spiro atoms. The van der Waals surface area contributed by atoms with Crippen molar-refractivity contribution in [1.29, 1.82) is 0 Å². The number of nitrogens with one attached hydrogen (secondary N) is 4. The second-order valence-electron chi connectivity index (χ2n) is 15.0. The highest BCUT2D eigenvalue weighted by molar-refractivity contribution is 6.30. The zero-order chi connectivity index (χ0) is 37.3. The van der Waals surface area contributed by atoms with Crippen LogP contribution in [0.2, 0.25) is 5.02 Å². The second kappa shape index (κ2) is 14.8. The Morgan fingerprint density at radius 1 is 0.736 bits per heavy atom. The van der Waals surface area contributed by atoms with Crippen LogP contribution in [0.15, 0.2) is 97.6 Å². The number of halogens is 2. The van der Waals surface area contributed by atoms with Crippen molar-refractivity contribution in [2.24, 2.45) is 17.3 Å². The van der Waals surface area contributed by atoms with Crippen LogP contribution in [0.4, 0.5) is 27.1 Å². The molecule has 4 N–H and O–H groups in total. The Balaban J connectivity index is 0.000000164. The van der Waals surface area contributed by atoms with Crippen LogP contribution >= 0.6 is 11.6 Å². The average Bonchev–Trinajstić information content (AvgIpc) is 3.67. The summed E-state index contributed by atoms with van der Waals surface area (Å²) in [5.74, 6) is 0.740. The van der Waals surface area contributed by atoms with Gasteiger partial charge >= 0.3 is 0 Å². The number of para-hydroxylation sites is 1. The number of nitrogens with zero attached hydrogens (tertiary/aromatic N) is 2. The molecule has 1 unspecified atom stereocenters. The second-order valence-corrected chi connectivity index (χ2v) is 15.4. The lowest BCUT2D eigenvalue weighted by Gasteiger charge is -2.28. The van der Waals surface area contributed by atoms with E-state index in [1.165, 1.54) is 12.1 Å². The van der Waals surface area contributed by atoms with Crippen molar-refractivity contribution in [3.05, 3.63) is 131 Å². The van der Waals surface area contributed by atoms with E-state index in [-0.39, 0.29) is 17.0 Å². The van der Waals surface area contributed by atoms with Gasteiger partial charge in [0.05, 0.1) is 33.9 Å². The fraction of sp³-hybridized carbons (Fsp3) is 0.256. The Labute approximate surface area is 313 Å². The van der Waals surface area contributed by atoms with Gasteiger partial charge in [0, 0.05) is 76.5 Å². The van der Waals surface area contributed by atoms with Crippen LogP contribution in [-0.2, 0) is 12.8 Å². The normalized spacial score (nSPS) is 16.0. The van der Waals surface area contributed by atoms with E-state index in [0.29, 0.717) is 46.6 Å². The van der Waals surface area contributed by atoms with E-state index in [0.717, 1.165) is 63.7 Å². The maximum atomic E-state index is 13.8. The number of Topliss-reactive ketones (excluding diaryl/α,β-unsaturated/α-hetero) is 2. The summed E-state index contributed by atoms with van der Waals surface area (Å²) in [7, 11) is 0. The molecule has 8 nitrogen and oxygen atoms in total. The van der Waals surface area contributed by atoms with Crippen molar-refractivity contribution in [3.8, 4) is 22.5 Å². The predicted molar refractivity (Wildman–Crippen MR) is 210 cm³/mol. The fourth-order valence-electron chi connectivity index (χ4n) is 7.37. The molecule has 0 bridgehead atoms. The van der Waals surface area contributed by atoms with E-state index in [1.54, 1.807) is 30.9 Å². The third-order valence-electron chi connectivity index (χ3n) is 9.98. The number of carbonyl (C=O) groups excluding carboxylic acids is 2. The lowest BCUT2D eigenvalue weighted by molar-refractivity contribution is 0.0909. The molecule has 0 radical (unpaired) electrons. The average molecular weight is 729 g/mol. The van der Waals surface area contributed by atoms with E-state index in [4.69, 9.17) is 11.6 Å². The number of benzene rings is 2. The maximum Gasteiger partial charge on any atom is 0.167 e. The number of H-pyrrole nitrogens is 2. The van der Waals surface area contributed by atoms with Crippen LogP contribution in [0.25, 0.3) is 22.5 Å². The van der Waals surface area contributed by atoms with Crippen molar-refractivity contribution < 1.29 is 14.0 Å². The molecular weight excluding hydrogens is 687 g/mol. The molecule has 0 fully saturated rings. The number of aromatic amines is 2. The Kier molecular flexibility index (Phi) is 10.0. The van der Waals surface area contributed by atoms with Gasteiger partial charge < -0.3 is 20.6 Å². The number of aromatic nitrogens is 4. The molecule has 10 heteroatoms. The predicted octanol–water partition coefficient (Wildman–Crippen LogP) is 11.0. The summed E-state index contributed by atoms with van der Waals surface area (Å²) in [4.78, 5) is 41.0. The van der Waals surface area contributed by atoms with Gasteiger partial charge in [0.2, 0.25) is 0 Å². The highest BCUT2D eigenvalue weighted by Crippen LogP contribution is 2.44. The maximum absolute atomic E-state index is 13.8. The molecule has 4 heterocycles. The number of hydrogen-bond donors (Lipinski definition) is 4. The first-order valence-electron chi connectivity index (χ1n) is 17.9. The molecular formula is C43H42ClFN6O2. The van der Waals surface area contributed by atoms with Gasteiger partial charge in [-0.1, -0.05) is 57.5 Å². The Bertz CT molecular complexity index is 2240. The molecule has 6 aromatic rings. The molecule has 53 heavy (non-hydrogen) atoms. The lowest BCUT2D eigenvalue weighted by Crippen LogP contribution is -2.26. The van der Waals surface area contributed by atoms with E-state index in [2.05, 4.69) is 58.3 Å². The Hall–Kier alpha value is -5.54. The van der Waals surface area contributed by atoms with Crippen LogP contribution in [-0.4, -0.2) is 31.5 Å². The molecule has 270 valence electrons. The SMILES string of the molecule is CC(C)C1CC(=O)c2c([nH]c(-c3ccncc3)c2Nc2ccccc2)C1.CC1(C)CC(=O)c2c([nH]c(-c3ccncc3)c2Nc2cc(F)cc(Cl)c2)C1. The first-order chi connectivity index (χ1) is 25.5.